The van der Waals surface area contributed by atoms with Gasteiger partial charge in [0, 0.05) is 24.1 Å². The Bertz CT molecular complexity index is 2100. The summed E-state index contributed by atoms with van der Waals surface area (Å²) in [5.74, 6) is -0.391. The number of rotatable bonds is 18. The van der Waals surface area contributed by atoms with Crippen molar-refractivity contribution >= 4 is 76.8 Å². The lowest BCUT2D eigenvalue weighted by Crippen LogP contribution is -2.16. The Kier molecular flexibility index (Phi) is 13.8. The van der Waals surface area contributed by atoms with Crippen molar-refractivity contribution < 1.29 is 53.2 Å². The minimum absolute atomic E-state index is 0.00353. The number of aromatic nitrogens is 1. The van der Waals surface area contributed by atoms with Gasteiger partial charge < -0.3 is 10.6 Å². The third-order valence-corrected chi connectivity index (χ3v) is 9.35. The fourth-order valence-electron chi connectivity index (χ4n) is 3.64. The van der Waals surface area contributed by atoms with Crippen LogP contribution in [0.3, 0.4) is 0 Å². The normalized spacial score (nSPS) is 12.3. The van der Waals surface area contributed by atoms with E-state index in [0.29, 0.717) is 12.3 Å². The van der Waals surface area contributed by atoms with Gasteiger partial charge in [0.25, 0.3) is 20.2 Å². The highest BCUT2D eigenvalue weighted by atomic mass is 32.2. The monoisotopic (exact) mass is 758 g/mol. The number of anilines is 2. The molecule has 0 aliphatic rings. The first-order chi connectivity index (χ1) is 23.1. The molecule has 1 heterocycles. The molecule has 0 fully saturated rings. The summed E-state index contributed by atoms with van der Waals surface area (Å²) >= 11 is 0.333. The van der Waals surface area contributed by atoms with Crippen molar-refractivity contribution in [2.24, 2.45) is 20.5 Å². The van der Waals surface area contributed by atoms with E-state index in [-0.39, 0.29) is 75.9 Å². The van der Waals surface area contributed by atoms with Crippen LogP contribution in [0.4, 0.5) is 34.4 Å². The van der Waals surface area contributed by atoms with Crippen LogP contribution in [0.25, 0.3) is 0 Å². The van der Waals surface area contributed by atoms with Crippen LogP contribution in [0.2, 0.25) is 0 Å². The highest BCUT2D eigenvalue weighted by Gasteiger charge is 2.20. The van der Waals surface area contributed by atoms with Crippen LogP contribution < -0.4 is 10.6 Å². The van der Waals surface area contributed by atoms with E-state index in [9.17, 15) is 35.1 Å². The minimum atomic E-state index is -4.92. The number of benzene rings is 2. The molecule has 1 aromatic heterocycles. The molecule has 0 spiro atoms. The van der Waals surface area contributed by atoms with Crippen LogP contribution in [-0.4, -0.2) is 70.0 Å². The molecule has 20 nitrogen and oxygen atoms in total. The number of azo groups is 2. The van der Waals surface area contributed by atoms with Crippen molar-refractivity contribution in [2.75, 3.05) is 36.1 Å². The van der Waals surface area contributed by atoms with Crippen LogP contribution in [0.15, 0.2) is 84.7 Å². The number of pyridine rings is 1. The summed E-state index contributed by atoms with van der Waals surface area (Å²) in [5, 5.41) is 43.6. The van der Waals surface area contributed by atoms with Gasteiger partial charge in [-0.1, -0.05) is 11.6 Å². The number of hydrogen-bond acceptors (Lipinski definition) is 19. The quantitative estimate of drug-likeness (QED) is 0.0285. The standard InChI is InChI=1S/C25H26N8O12S4/c1-3-47(35,36)13-11-28-25-23(16(2)20(15-26)24(29-25)27-10-12-43-46-45-44-34)33-32-21-9-6-18(14-22(21)49(40,41)42)31-30-17-4-7-19(8-5-17)48(37,38)39/h3-9,14,34H,1,10-13H2,2H3,(H2,27,28,29)(H,37,38,39)(H,40,41,42)/b31-30+,33-32+. The Morgan fingerprint density at radius 3 is 2.20 bits per heavy atom. The zero-order chi connectivity index (χ0) is 36.2. The Morgan fingerprint density at radius 1 is 0.939 bits per heavy atom. The lowest BCUT2D eigenvalue weighted by molar-refractivity contribution is -0.434. The van der Waals surface area contributed by atoms with E-state index in [2.05, 4.69) is 52.0 Å². The van der Waals surface area contributed by atoms with Gasteiger partial charge in [-0.15, -0.1) is 14.6 Å². The van der Waals surface area contributed by atoms with E-state index in [1.54, 1.807) is 0 Å². The molecule has 0 aliphatic heterocycles. The molecule has 262 valence electrons. The first-order valence-electron chi connectivity index (χ1n) is 13.2. The molecule has 24 heteroatoms. The predicted molar refractivity (Wildman–Crippen MR) is 174 cm³/mol. The molecule has 2 aromatic carbocycles. The van der Waals surface area contributed by atoms with Gasteiger partial charge in [0.1, 0.15) is 28.2 Å². The smallest absolute Gasteiger partial charge is 0.296 e. The zero-order valence-electron chi connectivity index (χ0n) is 25.0. The third kappa shape index (κ3) is 11.6. The molecule has 0 atom stereocenters. The molecule has 3 rings (SSSR count). The summed E-state index contributed by atoms with van der Waals surface area (Å²) in [7, 11) is -13.0. The first kappa shape index (κ1) is 39.0. The summed E-state index contributed by atoms with van der Waals surface area (Å²) in [4.78, 5) is 3.23. The molecule has 3 aromatic rings. The highest BCUT2D eigenvalue weighted by molar-refractivity contribution is 7.94. The van der Waals surface area contributed by atoms with E-state index in [4.69, 9.17) is 14.0 Å². The van der Waals surface area contributed by atoms with Gasteiger partial charge in [0.15, 0.2) is 28.0 Å². The van der Waals surface area contributed by atoms with E-state index < -0.39 is 35.0 Å². The molecular formula is C25H26N8O12S4. The van der Waals surface area contributed by atoms with Crippen LogP contribution >= 0.6 is 12.3 Å². The highest BCUT2D eigenvalue weighted by Crippen LogP contribution is 2.37. The van der Waals surface area contributed by atoms with Gasteiger partial charge in [0.2, 0.25) is 0 Å². The Labute approximate surface area is 284 Å². The fraction of sp³-hybridized carbons (Fsp3) is 0.200. The predicted octanol–water partition coefficient (Wildman–Crippen LogP) is 4.97. The molecular weight excluding hydrogens is 733 g/mol. The van der Waals surface area contributed by atoms with Gasteiger partial charge >= 0.3 is 0 Å². The molecule has 5 N–H and O–H groups in total. The van der Waals surface area contributed by atoms with E-state index in [0.717, 1.165) is 29.7 Å². The molecule has 0 saturated heterocycles. The Balaban J connectivity index is 1.99. The van der Waals surface area contributed by atoms with Crippen molar-refractivity contribution in [3.05, 3.63) is 65.6 Å². The Morgan fingerprint density at radius 2 is 1.59 bits per heavy atom. The summed E-state index contributed by atoms with van der Waals surface area (Å²) < 4.78 is 98.9. The summed E-state index contributed by atoms with van der Waals surface area (Å²) in [6, 6.07) is 9.98. The summed E-state index contributed by atoms with van der Waals surface area (Å²) in [6.07, 6.45) is 0. The van der Waals surface area contributed by atoms with Crippen LogP contribution in [0.5, 0.6) is 0 Å². The van der Waals surface area contributed by atoms with Gasteiger partial charge in [-0.05, 0) is 49.4 Å². The van der Waals surface area contributed by atoms with Crippen LogP contribution in [0.1, 0.15) is 11.1 Å². The zero-order valence-corrected chi connectivity index (χ0v) is 28.3. The second kappa shape index (κ2) is 17.3. The first-order valence-corrected chi connectivity index (χ1v) is 18.4. The topological polar surface area (TPSA) is 301 Å². The lowest BCUT2D eigenvalue weighted by Gasteiger charge is -2.15. The van der Waals surface area contributed by atoms with Crippen molar-refractivity contribution in [3.8, 4) is 6.07 Å². The van der Waals surface area contributed by atoms with Gasteiger partial charge in [-0.3, -0.25) is 13.3 Å². The minimum Gasteiger partial charge on any atom is -0.367 e. The average Bonchev–Trinajstić information content (AvgIpc) is 3.04. The summed E-state index contributed by atoms with van der Waals surface area (Å²) in [5.41, 5.74) is -0.148. The maximum absolute atomic E-state index is 12.3. The van der Waals surface area contributed by atoms with Crippen LogP contribution in [0, 0.1) is 18.3 Å². The average molecular weight is 759 g/mol. The summed E-state index contributed by atoms with van der Waals surface area (Å²) in [6.45, 7) is 4.62. The van der Waals surface area contributed by atoms with Gasteiger partial charge in [0.05, 0.1) is 34.2 Å². The van der Waals surface area contributed by atoms with Crippen molar-refractivity contribution in [1.29, 1.82) is 5.26 Å². The van der Waals surface area contributed by atoms with Gasteiger partial charge in [-0.25, -0.2) is 18.7 Å². The van der Waals surface area contributed by atoms with E-state index in [1.165, 1.54) is 25.1 Å². The molecule has 0 saturated carbocycles. The number of sulfone groups is 1. The number of nitrogens with zero attached hydrogens (tertiary/aromatic N) is 6. The van der Waals surface area contributed by atoms with Crippen molar-refractivity contribution in [1.82, 2.24) is 4.98 Å². The molecule has 0 unspecified atom stereocenters. The third-order valence-electron chi connectivity index (χ3n) is 5.94. The largest absolute Gasteiger partial charge is 0.367 e. The second-order valence-electron chi connectivity index (χ2n) is 9.19. The number of nitrogens with one attached hydrogen (secondary N) is 2. The SMILES string of the molecule is C=CS(=O)(=O)CCNc1nc(NCCOSOOO)c(C#N)c(C)c1/N=N/c1ccc(/N=N/c2ccc(S(=O)(=O)O)cc2)cc1S(=O)(=O)O. The number of nitriles is 1. The molecule has 0 radical (unpaired) electrons. The lowest BCUT2D eigenvalue weighted by atomic mass is 10.1. The van der Waals surface area contributed by atoms with E-state index in [1.807, 2.05) is 6.07 Å². The molecule has 0 aliphatic carbocycles. The van der Waals surface area contributed by atoms with Gasteiger partial charge in [-0.2, -0.15) is 32.3 Å². The fourth-order valence-corrected chi connectivity index (χ4v) is 5.53. The molecule has 49 heavy (non-hydrogen) atoms. The maximum Gasteiger partial charge on any atom is 0.296 e. The second-order valence-corrected chi connectivity index (χ2v) is 14.6. The van der Waals surface area contributed by atoms with E-state index >= 15 is 0 Å². The number of hydrogen-bond donors (Lipinski definition) is 5. The van der Waals surface area contributed by atoms with Crippen molar-refractivity contribution in [2.45, 2.75) is 16.7 Å². The molecule has 0 amide bonds. The molecule has 0 bridgehead atoms. The Hall–Kier alpha value is -4.42. The maximum atomic E-state index is 12.3. The van der Waals surface area contributed by atoms with Crippen molar-refractivity contribution in [3.63, 3.8) is 0 Å². The van der Waals surface area contributed by atoms with Crippen LogP contribution in [-0.2, 0) is 43.6 Å².